The molecular weight excluding hydrogens is 212 g/mol. The van der Waals surface area contributed by atoms with Gasteiger partial charge in [-0.2, -0.15) is 0 Å². The predicted octanol–water partition coefficient (Wildman–Crippen LogP) is 3.80. The predicted molar refractivity (Wildman–Crippen MR) is 73.0 cm³/mol. The van der Waals surface area contributed by atoms with E-state index in [2.05, 4.69) is 13.8 Å². The molecule has 0 heterocycles. The lowest BCUT2D eigenvalue weighted by Crippen LogP contribution is -1.90. The summed E-state index contributed by atoms with van der Waals surface area (Å²) in [5, 5.41) is 8.37. The Morgan fingerprint density at radius 3 is 2.35 bits per heavy atom. The first-order valence-corrected chi connectivity index (χ1v) is 6.67. The van der Waals surface area contributed by atoms with Crippen molar-refractivity contribution in [2.24, 2.45) is 0 Å². The Balaban J connectivity index is 0.000000304. The van der Waals surface area contributed by atoms with E-state index in [-0.39, 0.29) is 0 Å². The summed E-state index contributed by atoms with van der Waals surface area (Å²) in [4.78, 5) is 10.2. The van der Waals surface area contributed by atoms with Crippen LogP contribution in [0.15, 0.2) is 23.3 Å². The molecule has 2 heteroatoms. The molecule has 2 nitrogen and oxygen atoms in total. The van der Waals surface area contributed by atoms with Crippen molar-refractivity contribution in [2.45, 2.75) is 58.8 Å². The molecule has 0 fully saturated rings. The highest BCUT2D eigenvalue weighted by atomic mass is 16.2. The lowest BCUT2D eigenvalue weighted by atomic mass is 10.0. The van der Waals surface area contributed by atoms with E-state index in [1.165, 1.54) is 31.3 Å². The van der Waals surface area contributed by atoms with E-state index in [4.69, 9.17) is 5.11 Å². The molecule has 0 saturated carbocycles. The third-order valence-electron chi connectivity index (χ3n) is 2.80. The maximum Gasteiger partial charge on any atom is 0.146 e. The number of carbonyl (C=O) groups is 1. The summed E-state index contributed by atoms with van der Waals surface area (Å²) in [5.41, 5.74) is 2.28. The van der Waals surface area contributed by atoms with E-state index in [1.54, 1.807) is 0 Å². The molecule has 1 aliphatic rings. The lowest BCUT2D eigenvalue weighted by molar-refractivity contribution is -0.105. The third kappa shape index (κ3) is 10.0. The fraction of sp³-hybridized carbons (Fsp3) is 0.667. The number of carbonyl (C=O) groups excluding carboxylic acids is 1. The van der Waals surface area contributed by atoms with Crippen molar-refractivity contribution in [1.82, 2.24) is 0 Å². The van der Waals surface area contributed by atoms with Crippen LogP contribution >= 0.6 is 0 Å². The number of aliphatic hydroxyl groups excluding tert-OH is 1. The molecule has 0 spiro atoms. The molecule has 0 aromatic carbocycles. The van der Waals surface area contributed by atoms with Gasteiger partial charge in [-0.05, 0) is 31.8 Å². The zero-order valence-electron chi connectivity index (χ0n) is 11.2. The second-order valence-electron chi connectivity index (χ2n) is 4.51. The number of hydrogen-bond donors (Lipinski definition) is 1. The highest BCUT2D eigenvalue weighted by molar-refractivity contribution is 5.74. The summed E-state index contributed by atoms with van der Waals surface area (Å²) in [7, 11) is 0. The second kappa shape index (κ2) is 11.6. The maximum absolute atomic E-state index is 10.2. The van der Waals surface area contributed by atoms with Crippen molar-refractivity contribution in [3.05, 3.63) is 23.3 Å². The van der Waals surface area contributed by atoms with Crippen LogP contribution < -0.4 is 0 Å². The second-order valence-corrected chi connectivity index (χ2v) is 4.51. The summed E-state index contributed by atoms with van der Waals surface area (Å²) < 4.78 is 0. The number of rotatable bonds is 6. The minimum atomic E-state index is 0.365. The Morgan fingerprint density at radius 2 is 1.88 bits per heavy atom. The molecule has 1 aliphatic carbocycles. The van der Waals surface area contributed by atoms with E-state index in [0.717, 1.165) is 31.1 Å². The zero-order chi connectivity index (χ0) is 12.9. The maximum atomic E-state index is 10.2. The molecular formula is C15H26O2. The first kappa shape index (κ1) is 16.1. The number of allylic oxidation sites excluding steroid dienone is 4. The van der Waals surface area contributed by atoms with E-state index in [0.29, 0.717) is 6.61 Å². The standard InChI is InChI=1S/C8H10O.C7H16O/c1-7-2-4-8(6-9)5-3-7;1-2-3-4-5-6-7-8/h2,4,6H,3,5H2,1H3;8H,2-7H2,1H3. The molecule has 98 valence electrons. The summed E-state index contributed by atoms with van der Waals surface area (Å²) in [6.45, 7) is 4.64. The minimum Gasteiger partial charge on any atom is -0.396 e. The van der Waals surface area contributed by atoms with Gasteiger partial charge in [-0.1, -0.05) is 50.3 Å². The van der Waals surface area contributed by atoms with Crippen LogP contribution in [0.3, 0.4) is 0 Å². The first-order chi connectivity index (χ1) is 8.24. The Kier molecular flexibility index (Phi) is 11.0. The summed E-state index contributed by atoms with van der Waals surface area (Å²) in [6.07, 6.45) is 12.9. The number of aldehydes is 1. The van der Waals surface area contributed by atoms with Crippen LogP contribution in [-0.4, -0.2) is 18.0 Å². The van der Waals surface area contributed by atoms with Gasteiger partial charge in [0.15, 0.2) is 0 Å². The van der Waals surface area contributed by atoms with Gasteiger partial charge in [0.25, 0.3) is 0 Å². The SMILES string of the molecule is CC1=CC=C(C=O)CC1.CCCCCCCO. The number of aliphatic hydroxyl groups is 1. The average Bonchev–Trinajstić information content (AvgIpc) is 2.37. The summed E-state index contributed by atoms with van der Waals surface area (Å²) >= 11 is 0. The lowest BCUT2D eigenvalue weighted by Gasteiger charge is -2.04. The molecule has 0 unspecified atom stereocenters. The minimum absolute atomic E-state index is 0.365. The highest BCUT2D eigenvalue weighted by Crippen LogP contribution is 2.15. The Labute approximate surface area is 105 Å². The topological polar surface area (TPSA) is 37.3 Å². The fourth-order valence-electron chi connectivity index (χ4n) is 1.57. The fourth-order valence-corrected chi connectivity index (χ4v) is 1.57. The first-order valence-electron chi connectivity index (χ1n) is 6.67. The molecule has 1 rings (SSSR count). The van der Waals surface area contributed by atoms with Gasteiger partial charge in [0.05, 0.1) is 0 Å². The number of hydrogen-bond acceptors (Lipinski definition) is 2. The third-order valence-corrected chi connectivity index (χ3v) is 2.80. The van der Waals surface area contributed by atoms with Crippen molar-refractivity contribution in [2.75, 3.05) is 6.61 Å². The van der Waals surface area contributed by atoms with E-state index in [9.17, 15) is 4.79 Å². The molecule has 0 aliphatic heterocycles. The molecule has 17 heavy (non-hydrogen) atoms. The molecule has 0 radical (unpaired) electrons. The van der Waals surface area contributed by atoms with Gasteiger partial charge >= 0.3 is 0 Å². The monoisotopic (exact) mass is 238 g/mol. The van der Waals surface area contributed by atoms with E-state index < -0.39 is 0 Å². The van der Waals surface area contributed by atoms with Crippen molar-refractivity contribution in [1.29, 1.82) is 0 Å². The van der Waals surface area contributed by atoms with Gasteiger partial charge in [-0.25, -0.2) is 0 Å². The summed E-state index contributed by atoms with van der Waals surface area (Å²) in [6, 6.07) is 0. The van der Waals surface area contributed by atoms with Crippen LogP contribution in [0.4, 0.5) is 0 Å². The largest absolute Gasteiger partial charge is 0.396 e. The molecule has 0 amide bonds. The quantitative estimate of drug-likeness (QED) is 0.564. The van der Waals surface area contributed by atoms with E-state index in [1.807, 2.05) is 12.2 Å². The van der Waals surface area contributed by atoms with Crippen molar-refractivity contribution < 1.29 is 9.90 Å². The van der Waals surface area contributed by atoms with Gasteiger partial charge in [0.2, 0.25) is 0 Å². The summed E-state index contributed by atoms with van der Waals surface area (Å²) in [5.74, 6) is 0. The normalized spacial score (nSPS) is 14.3. The van der Waals surface area contributed by atoms with Crippen LogP contribution in [0.1, 0.15) is 58.8 Å². The Bertz CT molecular complexity index is 246. The van der Waals surface area contributed by atoms with Gasteiger partial charge < -0.3 is 5.11 Å². The van der Waals surface area contributed by atoms with Crippen LogP contribution in [0.25, 0.3) is 0 Å². The van der Waals surface area contributed by atoms with Crippen LogP contribution in [0.5, 0.6) is 0 Å². The smallest absolute Gasteiger partial charge is 0.146 e. The molecule has 1 N–H and O–H groups in total. The molecule has 0 bridgehead atoms. The van der Waals surface area contributed by atoms with Crippen molar-refractivity contribution in [3.63, 3.8) is 0 Å². The Morgan fingerprint density at radius 1 is 1.18 bits per heavy atom. The molecule has 0 aromatic rings. The van der Waals surface area contributed by atoms with Gasteiger partial charge in [0, 0.05) is 6.61 Å². The van der Waals surface area contributed by atoms with E-state index >= 15 is 0 Å². The van der Waals surface area contributed by atoms with Crippen LogP contribution in [0, 0.1) is 0 Å². The number of unbranched alkanes of at least 4 members (excludes halogenated alkanes) is 4. The van der Waals surface area contributed by atoms with Gasteiger partial charge in [0.1, 0.15) is 6.29 Å². The highest BCUT2D eigenvalue weighted by Gasteiger charge is 1.99. The molecule has 0 aromatic heterocycles. The van der Waals surface area contributed by atoms with Crippen molar-refractivity contribution >= 4 is 6.29 Å². The van der Waals surface area contributed by atoms with Crippen molar-refractivity contribution in [3.8, 4) is 0 Å². The molecule has 0 atom stereocenters. The molecule has 0 saturated heterocycles. The van der Waals surface area contributed by atoms with Gasteiger partial charge in [-0.3, -0.25) is 4.79 Å². The van der Waals surface area contributed by atoms with Crippen LogP contribution in [0.2, 0.25) is 0 Å². The zero-order valence-corrected chi connectivity index (χ0v) is 11.2. The Hall–Kier alpha value is -0.890. The van der Waals surface area contributed by atoms with Gasteiger partial charge in [-0.15, -0.1) is 0 Å². The van der Waals surface area contributed by atoms with Crippen LogP contribution in [-0.2, 0) is 4.79 Å². The average molecular weight is 238 g/mol.